The third kappa shape index (κ3) is 6.63. The van der Waals surface area contributed by atoms with E-state index in [1.165, 1.54) is 66.7 Å². The SMILES string of the molecule is COc1ccc(C2CCc3cc(O)ccc3C2)c(N(C)Cc2ccc(OCCN3CCCCCC3)cc2)c1. The minimum Gasteiger partial charge on any atom is -0.508 e. The van der Waals surface area contributed by atoms with Crippen LogP contribution in [-0.2, 0) is 19.4 Å². The van der Waals surface area contributed by atoms with Crippen molar-refractivity contribution in [3.63, 3.8) is 0 Å². The topological polar surface area (TPSA) is 45.2 Å². The number of aromatic hydroxyl groups is 1. The molecule has 0 saturated carbocycles. The van der Waals surface area contributed by atoms with E-state index in [9.17, 15) is 5.11 Å². The summed E-state index contributed by atoms with van der Waals surface area (Å²) < 4.78 is 11.7. The Balaban J connectivity index is 1.23. The molecule has 1 N–H and O–H groups in total. The lowest BCUT2D eigenvalue weighted by molar-refractivity contribution is 0.214. The maximum absolute atomic E-state index is 9.88. The van der Waals surface area contributed by atoms with Crippen LogP contribution in [0.25, 0.3) is 0 Å². The standard InChI is InChI=1S/C33H42N2O3/c1-34(24-25-7-13-30(14-8-25)38-20-19-35-17-5-3-4-6-18-35)33-23-31(37-2)15-16-32(33)28-10-9-27-22-29(36)12-11-26(27)21-28/h7-8,11-16,22-23,28,36H,3-6,9-10,17-21,24H2,1-2H3. The Bertz CT molecular complexity index is 1190. The van der Waals surface area contributed by atoms with E-state index in [1.807, 2.05) is 12.1 Å². The lowest BCUT2D eigenvalue weighted by Gasteiger charge is -2.30. The minimum atomic E-state index is 0.362. The molecule has 1 aliphatic heterocycles. The second kappa shape index (κ2) is 12.6. The van der Waals surface area contributed by atoms with Crippen molar-refractivity contribution in [2.45, 2.75) is 57.4 Å². The van der Waals surface area contributed by atoms with Gasteiger partial charge < -0.3 is 19.5 Å². The Labute approximate surface area is 228 Å². The second-order valence-electron chi connectivity index (χ2n) is 10.9. The number of phenols is 1. The van der Waals surface area contributed by atoms with Gasteiger partial charge in [-0.2, -0.15) is 0 Å². The first-order valence-electron chi connectivity index (χ1n) is 14.2. The first kappa shape index (κ1) is 26.4. The van der Waals surface area contributed by atoms with E-state index in [2.05, 4.69) is 65.4 Å². The van der Waals surface area contributed by atoms with Gasteiger partial charge in [0.15, 0.2) is 0 Å². The summed E-state index contributed by atoms with van der Waals surface area (Å²) in [4.78, 5) is 4.87. The minimum absolute atomic E-state index is 0.362. The van der Waals surface area contributed by atoms with E-state index in [-0.39, 0.29) is 0 Å². The molecule has 5 rings (SSSR count). The molecule has 3 aromatic rings. The Morgan fingerprint density at radius 3 is 2.42 bits per heavy atom. The van der Waals surface area contributed by atoms with E-state index in [1.54, 1.807) is 7.11 Å². The van der Waals surface area contributed by atoms with E-state index < -0.39 is 0 Å². The van der Waals surface area contributed by atoms with E-state index in [0.717, 1.165) is 50.5 Å². The zero-order valence-electron chi connectivity index (χ0n) is 23.0. The number of rotatable bonds is 9. The molecule has 5 heteroatoms. The lowest BCUT2D eigenvalue weighted by Crippen LogP contribution is -2.29. The molecule has 202 valence electrons. The van der Waals surface area contributed by atoms with Gasteiger partial charge in [-0.05, 0) is 104 Å². The number of benzene rings is 3. The molecular formula is C33H42N2O3. The first-order valence-corrected chi connectivity index (χ1v) is 14.2. The fraction of sp³-hybridized carbons (Fsp3) is 0.455. The van der Waals surface area contributed by atoms with Crippen molar-refractivity contribution in [3.8, 4) is 17.2 Å². The molecule has 3 aromatic carbocycles. The van der Waals surface area contributed by atoms with Crippen molar-refractivity contribution in [1.29, 1.82) is 0 Å². The van der Waals surface area contributed by atoms with Gasteiger partial charge in [-0.25, -0.2) is 0 Å². The number of methoxy groups -OCH3 is 1. The second-order valence-corrected chi connectivity index (χ2v) is 10.9. The molecule has 0 bridgehead atoms. The number of hydrogen-bond donors (Lipinski definition) is 1. The monoisotopic (exact) mass is 514 g/mol. The van der Waals surface area contributed by atoms with E-state index in [0.29, 0.717) is 11.7 Å². The van der Waals surface area contributed by atoms with Crippen LogP contribution in [0.3, 0.4) is 0 Å². The highest BCUT2D eigenvalue weighted by atomic mass is 16.5. The van der Waals surface area contributed by atoms with Gasteiger partial charge in [0.05, 0.1) is 7.11 Å². The number of nitrogens with zero attached hydrogens (tertiary/aromatic N) is 2. The third-order valence-corrected chi connectivity index (χ3v) is 8.23. The normalized spacial score (nSPS) is 17.9. The molecule has 1 heterocycles. The number of anilines is 1. The van der Waals surface area contributed by atoms with Gasteiger partial charge in [0, 0.05) is 31.9 Å². The Morgan fingerprint density at radius 1 is 0.895 bits per heavy atom. The predicted molar refractivity (Wildman–Crippen MR) is 155 cm³/mol. The summed E-state index contributed by atoms with van der Waals surface area (Å²) in [5.41, 5.74) is 6.45. The number of ether oxygens (including phenoxy) is 2. The molecule has 1 saturated heterocycles. The number of phenolic OH excluding ortho intramolecular Hbond substituents is 1. The molecule has 0 amide bonds. The molecule has 1 fully saturated rings. The van der Waals surface area contributed by atoms with Gasteiger partial charge in [-0.3, -0.25) is 4.90 Å². The molecular weight excluding hydrogens is 472 g/mol. The average molecular weight is 515 g/mol. The summed E-state index contributed by atoms with van der Waals surface area (Å²) in [5.74, 6) is 2.63. The van der Waals surface area contributed by atoms with Crippen LogP contribution < -0.4 is 14.4 Å². The van der Waals surface area contributed by atoms with Crippen LogP contribution in [0.5, 0.6) is 17.2 Å². The molecule has 0 aromatic heterocycles. The number of aryl methyl sites for hydroxylation is 1. The van der Waals surface area contributed by atoms with Crippen LogP contribution in [0.2, 0.25) is 0 Å². The maximum atomic E-state index is 9.88. The molecule has 38 heavy (non-hydrogen) atoms. The Hall–Kier alpha value is -3.18. The van der Waals surface area contributed by atoms with Crippen LogP contribution in [-0.4, -0.2) is 50.4 Å². The zero-order valence-corrected chi connectivity index (χ0v) is 23.0. The highest BCUT2D eigenvalue weighted by Crippen LogP contribution is 2.39. The summed E-state index contributed by atoms with van der Waals surface area (Å²) in [6, 6.07) is 20.9. The largest absolute Gasteiger partial charge is 0.508 e. The molecule has 1 aliphatic carbocycles. The van der Waals surface area contributed by atoms with Gasteiger partial charge in [0.1, 0.15) is 23.9 Å². The number of fused-ring (bicyclic) bond motifs is 1. The zero-order chi connectivity index (χ0) is 26.3. The fourth-order valence-corrected chi connectivity index (χ4v) is 6.04. The molecule has 1 unspecified atom stereocenters. The van der Waals surface area contributed by atoms with Crippen molar-refractivity contribution in [3.05, 3.63) is 82.9 Å². The summed E-state index contributed by atoms with van der Waals surface area (Å²) in [6.45, 7) is 4.98. The van der Waals surface area contributed by atoms with Gasteiger partial charge in [0.2, 0.25) is 0 Å². The first-order chi connectivity index (χ1) is 18.6. The Kier molecular flexibility index (Phi) is 8.75. The van der Waals surface area contributed by atoms with Crippen molar-refractivity contribution in [1.82, 2.24) is 4.90 Å². The third-order valence-electron chi connectivity index (χ3n) is 8.23. The molecule has 5 nitrogen and oxygen atoms in total. The van der Waals surface area contributed by atoms with Crippen molar-refractivity contribution in [2.75, 3.05) is 45.3 Å². The van der Waals surface area contributed by atoms with Gasteiger partial charge >= 0.3 is 0 Å². The highest BCUT2D eigenvalue weighted by Gasteiger charge is 2.24. The van der Waals surface area contributed by atoms with Crippen LogP contribution in [0.1, 0.15) is 60.3 Å². The molecule has 1 atom stereocenters. The van der Waals surface area contributed by atoms with E-state index in [4.69, 9.17) is 9.47 Å². The highest BCUT2D eigenvalue weighted by molar-refractivity contribution is 5.59. The quantitative estimate of drug-likeness (QED) is 0.350. The maximum Gasteiger partial charge on any atom is 0.120 e. The lowest BCUT2D eigenvalue weighted by atomic mass is 9.79. The van der Waals surface area contributed by atoms with Crippen LogP contribution in [0, 0.1) is 0 Å². The Morgan fingerprint density at radius 2 is 1.66 bits per heavy atom. The summed E-state index contributed by atoms with van der Waals surface area (Å²) in [7, 11) is 3.90. The smallest absolute Gasteiger partial charge is 0.120 e. The number of hydrogen-bond acceptors (Lipinski definition) is 5. The van der Waals surface area contributed by atoms with Gasteiger partial charge in [-0.15, -0.1) is 0 Å². The van der Waals surface area contributed by atoms with Gasteiger partial charge in [-0.1, -0.05) is 37.1 Å². The average Bonchev–Trinajstić information content (AvgIpc) is 3.22. The van der Waals surface area contributed by atoms with Crippen molar-refractivity contribution in [2.24, 2.45) is 0 Å². The van der Waals surface area contributed by atoms with Crippen LogP contribution in [0.15, 0.2) is 60.7 Å². The summed E-state index contributed by atoms with van der Waals surface area (Å²) in [5, 5.41) is 9.88. The van der Waals surface area contributed by atoms with Crippen molar-refractivity contribution >= 4 is 5.69 Å². The summed E-state index contributed by atoms with van der Waals surface area (Å²) in [6.07, 6.45) is 8.42. The summed E-state index contributed by atoms with van der Waals surface area (Å²) >= 11 is 0. The van der Waals surface area contributed by atoms with Crippen molar-refractivity contribution < 1.29 is 14.6 Å². The van der Waals surface area contributed by atoms with Crippen LogP contribution >= 0.6 is 0 Å². The number of likely N-dealkylation sites (tertiary alicyclic amines) is 1. The van der Waals surface area contributed by atoms with E-state index >= 15 is 0 Å². The van der Waals surface area contributed by atoms with Gasteiger partial charge in [0.25, 0.3) is 0 Å². The predicted octanol–water partition coefficient (Wildman–Crippen LogP) is 6.56. The molecule has 0 spiro atoms. The van der Waals surface area contributed by atoms with Crippen LogP contribution in [0.4, 0.5) is 5.69 Å². The molecule has 0 radical (unpaired) electrons. The fourth-order valence-electron chi connectivity index (χ4n) is 6.04. The molecule has 2 aliphatic rings.